The van der Waals surface area contributed by atoms with Gasteiger partial charge in [0.15, 0.2) is 5.78 Å². The first-order valence-electron chi connectivity index (χ1n) is 16.2. The molecule has 2 aliphatic heterocycles. The highest BCUT2D eigenvalue weighted by Crippen LogP contribution is 2.28. The van der Waals surface area contributed by atoms with Gasteiger partial charge in [-0.05, 0) is 50.5 Å². The summed E-state index contributed by atoms with van der Waals surface area (Å²) in [7, 11) is 0. The molecule has 0 unspecified atom stereocenters. The van der Waals surface area contributed by atoms with Crippen LogP contribution in [0.2, 0.25) is 0 Å². The van der Waals surface area contributed by atoms with Crippen LogP contribution in [0.1, 0.15) is 96.0 Å². The van der Waals surface area contributed by atoms with Gasteiger partial charge in [0.05, 0.1) is 0 Å². The first-order chi connectivity index (χ1) is 20.7. The van der Waals surface area contributed by atoms with E-state index in [0.717, 1.165) is 31.2 Å². The molecule has 1 aromatic carbocycles. The van der Waals surface area contributed by atoms with Gasteiger partial charge in [-0.25, -0.2) is 0 Å². The molecule has 1 aromatic rings. The summed E-state index contributed by atoms with van der Waals surface area (Å²) in [5.74, 6) is -1.33. The molecule has 0 radical (unpaired) electrons. The summed E-state index contributed by atoms with van der Waals surface area (Å²) >= 11 is 0. The largest absolute Gasteiger partial charge is 0.386 e. The molecule has 0 bridgehead atoms. The number of benzene rings is 1. The van der Waals surface area contributed by atoms with Gasteiger partial charge in [0, 0.05) is 19.4 Å². The standard InChI is InChI=1S/C33H48N4O6.H2S/c1-22(38)29(39)18-10-4-9-16-25-30(40)35-26(20-23-12-5-2-6-13-23)31(41)36-27(21-24-14-7-3-8-15-24)33(43)37-19-11-17-28(37)32(42)34-25;/h3,7-8,14-15,22-23,25-28,38H,2,4-6,9-13,16-21H2,1H3,(H,34,42)(H,35,40)(H,36,41);1H2/t22-,25-,26+,27-,28+;/m0./s1. The molecule has 11 heteroatoms. The van der Waals surface area contributed by atoms with Gasteiger partial charge in [0.25, 0.3) is 0 Å². The maximum atomic E-state index is 13.9. The smallest absolute Gasteiger partial charge is 0.246 e. The van der Waals surface area contributed by atoms with Gasteiger partial charge >= 0.3 is 0 Å². The van der Waals surface area contributed by atoms with Crippen LogP contribution >= 0.6 is 13.5 Å². The Balaban J connectivity index is 0.00000529. The van der Waals surface area contributed by atoms with Gasteiger partial charge in [-0.3, -0.25) is 24.0 Å². The van der Waals surface area contributed by atoms with E-state index in [1.165, 1.54) is 13.3 Å². The van der Waals surface area contributed by atoms with Crippen molar-refractivity contribution in [2.24, 2.45) is 5.92 Å². The molecule has 0 aromatic heterocycles. The van der Waals surface area contributed by atoms with Crippen molar-refractivity contribution < 1.29 is 29.1 Å². The number of aliphatic hydroxyl groups is 1. The lowest BCUT2D eigenvalue weighted by molar-refractivity contribution is -0.143. The van der Waals surface area contributed by atoms with Gasteiger partial charge in [-0.1, -0.05) is 75.3 Å². The van der Waals surface area contributed by atoms with Gasteiger partial charge in [-0.2, -0.15) is 13.5 Å². The molecule has 4 amide bonds. The monoisotopic (exact) mass is 630 g/mol. The molecule has 3 fully saturated rings. The quantitative estimate of drug-likeness (QED) is 0.277. The maximum absolute atomic E-state index is 13.9. The molecule has 0 spiro atoms. The molecule has 1 aliphatic carbocycles. The average molecular weight is 631 g/mol. The number of aliphatic hydroxyl groups excluding tert-OH is 1. The normalized spacial score (nSPS) is 25.8. The molecule has 5 atom stereocenters. The topological polar surface area (TPSA) is 145 Å². The third-order valence-electron chi connectivity index (χ3n) is 9.18. The average Bonchev–Trinajstić information content (AvgIpc) is 3.50. The minimum absolute atomic E-state index is 0. The van der Waals surface area contributed by atoms with Crippen LogP contribution in [0.25, 0.3) is 0 Å². The van der Waals surface area contributed by atoms with Gasteiger partial charge in [-0.15, -0.1) is 0 Å². The number of unbranched alkanes of at least 4 members (excludes halogenated alkanes) is 2. The first-order valence-corrected chi connectivity index (χ1v) is 16.2. The van der Waals surface area contributed by atoms with E-state index in [4.69, 9.17) is 0 Å². The molecular formula is C33H50N4O6S. The van der Waals surface area contributed by atoms with E-state index in [1.807, 2.05) is 30.3 Å². The van der Waals surface area contributed by atoms with Crippen LogP contribution in [0.5, 0.6) is 0 Å². The second-order valence-electron chi connectivity index (χ2n) is 12.5. The summed E-state index contributed by atoms with van der Waals surface area (Å²) in [6.45, 7) is 1.87. The van der Waals surface area contributed by atoms with Crippen molar-refractivity contribution in [3.63, 3.8) is 0 Å². The van der Waals surface area contributed by atoms with Gasteiger partial charge < -0.3 is 26.0 Å². The molecule has 2 saturated heterocycles. The van der Waals surface area contributed by atoms with E-state index in [0.29, 0.717) is 63.8 Å². The van der Waals surface area contributed by atoms with Crippen molar-refractivity contribution in [2.45, 2.75) is 127 Å². The Morgan fingerprint density at radius 1 is 0.841 bits per heavy atom. The molecule has 2 heterocycles. The van der Waals surface area contributed by atoms with Crippen LogP contribution in [0.4, 0.5) is 0 Å². The first kappa shape index (κ1) is 35.6. The van der Waals surface area contributed by atoms with Crippen LogP contribution in [0.3, 0.4) is 0 Å². The Morgan fingerprint density at radius 2 is 1.50 bits per heavy atom. The fraction of sp³-hybridized carbons (Fsp3) is 0.667. The zero-order valence-electron chi connectivity index (χ0n) is 25.9. The van der Waals surface area contributed by atoms with Crippen molar-refractivity contribution in [3.05, 3.63) is 35.9 Å². The summed E-state index contributed by atoms with van der Waals surface area (Å²) in [4.78, 5) is 68.3. The summed E-state index contributed by atoms with van der Waals surface area (Å²) < 4.78 is 0. The minimum atomic E-state index is -0.993. The van der Waals surface area contributed by atoms with Crippen LogP contribution < -0.4 is 16.0 Å². The Hall–Kier alpha value is -2.92. The summed E-state index contributed by atoms with van der Waals surface area (Å²) in [5.41, 5.74) is 0.900. The van der Waals surface area contributed by atoms with Crippen LogP contribution in [0, 0.1) is 5.92 Å². The van der Waals surface area contributed by atoms with Crippen molar-refractivity contribution in [2.75, 3.05) is 6.54 Å². The fourth-order valence-electron chi connectivity index (χ4n) is 6.66. The highest BCUT2D eigenvalue weighted by molar-refractivity contribution is 7.59. The zero-order chi connectivity index (χ0) is 30.8. The molecule has 244 valence electrons. The number of ketones is 1. The van der Waals surface area contributed by atoms with Crippen LogP contribution in [-0.4, -0.2) is 76.2 Å². The molecule has 10 nitrogen and oxygen atoms in total. The van der Waals surface area contributed by atoms with Gasteiger partial charge in [0.2, 0.25) is 23.6 Å². The summed E-state index contributed by atoms with van der Waals surface area (Å²) in [5, 5.41) is 18.3. The predicted molar refractivity (Wildman–Crippen MR) is 172 cm³/mol. The number of nitrogens with one attached hydrogen (secondary N) is 3. The third-order valence-corrected chi connectivity index (χ3v) is 9.18. The van der Waals surface area contributed by atoms with E-state index in [1.54, 1.807) is 4.90 Å². The van der Waals surface area contributed by atoms with Crippen molar-refractivity contribution >= 4 is 42.9 Å². The van der Waals surface area contributed by atoms with Crippen molar-refractivity contribution in [3.8, 4) is 0 Å². The van der Waals surface area contributed by atoms with Crippen LogP contribution in [-0.2, 0) is 30.4 Å². The minimum Gasteiger partial charge on any atom is -0.386 e. The molecule has 44 heavy (non-hydrogen) atoms. The Morgan fingerprint density at radius 3 is 2.20 bits per heavy atom. The lowest BCUT2D eigenvalue weighted by atomic mass is 9.84. The number of carbonyl (C=O) groups is 5. The van der Waals surface area contributed by atoms with E-state index in [-0.39, 0.29) is 43.4 Å². The number of rotatable bonds is 11. The number of hydrogen-bond acceptors (Lipinski definition) is 6. The lowest BCUT2D eigenvalue weighted by Crippen LogP contribution is -2.61. The number of nitrogens with zero attached hydrogens (tertiary/aromatic N) is 1. The maximum Gasteiger partial charge on any atom is 0.246 e. The van der Waals surface area contributed by atoms with E-state index in [2.05, 4.69) is 16.0 Å². The van der Waals surface area contributed by atoms with Crippen LogP contribution in [0.15, 0.2) is 30.3 Å². The lowest BCUT2D eigenvalue weighted by Gasteiger charge is -2.33. The highest BCUT2D eigenvalue weighted by atomic mass is 32.1. The Labute approximate surface area is 267 Å². The fourth-order valence-corrected chi connectivity index (χ4v) is 6.66. The number of carbonyl (C=O) groups excluding carboxylic acids is 5. The summed E-state index contributed by atoms with van der Waals surface area (Å²) in [6.07, 6.45) is 8.68. The highest BCUT2D eigenvalue weighted by Gasteiger charge is 2.41. The Bertz CT molecular complexity index is 1130. The van der Waals surface area contributed by atoms with E-state index in [9.17, 15) is 29.1 Å². The van der Waals surface area contributed by atoms with Gasteiger partial charge in [0.1, 0.15) is 30.3 Å². The Kier molecular flexibility index (Phi) is 14.2. The molecule has 3 aliphatic rings. The zero-order valence-corrected chi connectivity index (χ0v) is 26.9. The van der Waals surface area contributed by atoms with E-state index >= 15 is 0 Å². The molecule has 4 N–H and O–H groups in total. The summed E-state index contributed by atoms with van der Waals surface area (Å²) in [6, 6.07) is 6.25. The number of Topliss-reactive ketones (excluding diaryl/α,β-unsaturated/α-hetero) is 1. The second kappa shape index (κ2) is 17.5. The van der Waals surface area contributed by atoms with Crippen molar-refractivity contribution in [1.29, 1.82) is 0 Å². The number of amides is 4. The molecule has 1 saturated carbocycles. The SMILES string of the molecule is C[C@H](O)C(=O)CCCCC[C@@H]1NC(=O)[C@H]2CCCN2C(=O)[C@H](Cc2ccccc2)NC(=O)[C@@H](CC2CCCCC2)NC1=O.S. The number of hydrogen-bond donors (Lipinski definition) is 4. The van der Waals surface area contributed by atoms with E-state index < -0.39 is 36.2 Å². The second-order valence-corrected chi connectivity index (χ2v) is 12.5. The molecular weight excluding hydrogens is 580 g/mol. The molecule has 4 rings (SSSR count). The third kappa shape index (κ3) is 10.1. The van der Waals surface area contributed by atoms with Crippen molar-refractivity contribution in [1.82, 2.24) is 20.9 Å². The number of fused-ring (bicyclic) bond motifs is 1. The predicted octanol–water partition coefficient (Wildman–Crippen LogP) is 2.67.